The zero-order valence-corrected chi connectivity index (χ0v) is 13.0. The number of nitrogens with zero attached hydrogens (tertiary/aromatic N) is 2. The van der Waals surface area contributed by atoms with Gasteiger partial charge in [0, 0.05) is 24.9 Å². The van der Waals surface area contributed by atoms with Crippen LogP contribution in [0.3, 0.4) is 0 Å². The van der Waals surface area contributed by atoms with Crippen molar-refractivity contribution in [2.24, 2.45) is 0 Å². The zero-order valence-electron chi connectivity index (χ0n) is 13.0. The normalized spacial score (nSPS) is 10.2. The molecule has 0 spiro atoms. The highest BCUT2D eigenvalue weighted by molar-refractivity contribution is 5.13. The molecule has 1 aromatic heterocycles. The summed E-state index contributed by atoms with van der Waals surface area (Å²) in [4.78, 5) is 4.36. The molecule has 0 aliphatic rings. The van der Waals surface area contributed by atoms with Crippen LogP contribution >= 0.6 is 0 Å². The van der Waals surface area contributed by atoms with Gasteiger partial charge in [-0.25, -0.2) is 4.98 Å². The summed E-state index contributed by atoms with van der Waals surface area (Å²) in [5.41, 5.74) is 1.22. The summed E-state index contributed by atoms with van der Waals surface area (Å²) in [7, 11) is 0. The first kappa shape index (κ1) is 16.4. The molecule has 3 heteroatoms. The van der Waals surface area contributed by atoms with Gasteiger partial charge in [-0.05, 0) is 5.56 Å². The molecule has 1 heterocycles. The van der Waals surface area contributed by atoms with Gasteiger partial charge in [-0.15, -0.1) is 0 Å². The average Bonchev–Trinajstić information content (AvgIpc) is 2.95. The third-order valence-corrected chi connectivity index (χ3v) is 2.85. The number of imidazole rings is 1. The second kappa shape index (κ2) is 9.32. The lowest BCUT2D eigenvalue weighted by Crippen LogP contribution is -2.09. The molecule has 3 nitrogen and oxygen atoms in total. The Morgan fingerprint density at radius 1 is 1.15 bits per heavy atom. The predicted octanol–water partition coefficient (Wildman–Crippen LogP) is 4.25. The van der Waals surface area contributed by atoms with Crippen molar-refractivity contribution in [3.05, 3.63) is 54.1 Å². The first-order valence-corrected chi connectivity index (χ1v) is 7.40. The van der Waals surface area contributed by atoms with Crippen LogP contribution < -0.4 is 0 Å². The van der Waals surface area contributed by atoms with Gasteiger partial charge in [0.1, 0.15) is 5.82 Å². The lowest BCUT2D eigenvalue weighted by molar-refractivity contribution is 0.112. The molecule has 0 saturated carbocycles. The Labute approximate surface area is 122 Å². The molecule has 0 N–H and O–H groups in total. The van der Waals surface area contributed by atoms with Crippen molar-refractivity contribution < 1.29 is 4.74 Å². The van der Waals surface area contributed by atoms with Crippen molar-refractivity contribution in [3.8, 4) is 0 Å². The van der Waals surface area contributed by atoms with Gasteiger partial charge in [0.15, 0.2) is 0 Å². The van der Waals surface area contributed by atoms with E-state index in [0.29, 0.717) is 19.1 Å². The summed E-state index contributed by atoms with van der Waals surface area (Å²) in [6.07, 6.45) is 3.87. The van der Waals surface area contributed by atoms with Gasteiger partial charge in [0.05, 0.1) is 13.2 Å². The topological polar surface area (TPSA) is 27.1 Å². The Kier molecular flexibility index (Phi) is 7.66. The Morgan fingerprint density at radius 2 is 1.85 bits per heavy atom. The van der Waals surface area contributed by atoms with Crippen LogP contribution in [-0.2, 0) is 17.9 Å². The highest BCUT2D eigenvalue weighted by Crippen LogP contribution is 2.11. The Balaban J connectivity index is 0.000000956. The van der Waals surface area contributed by atoms with Gasteiger partial charge in [-0.3, -0.25) is 0 Å². The molecule has 0 atom stereocenters. The molecule has 1 aromatic carbocycles. The fourth-order valence-corrected chi connectivity index (χ4v) is 1.94. The van der Waals surface area contributed by atoms with E-state index in [9.17, 15) is 0 Å². The maximum absolute atomic E-state index is 5.68. The molecule has 2 aromatic rings. The maximum Gasteiger partial charge on any atom is 0.111 e. The number of hydrogen-bond donors (Lipinski definition) is 0. The van der Waals surface area contributed by atoms with Gasteiger partial charge in [-0.2, -0.15) is 0 Å². The molecule has 20 heavy (non-hydrogen) atoms. The van der Waals surface area contributed by atoms with E-state index in [1.807, 2.05) is 44.4 Å². The largest absolute Gasteiger partial charge is 0.375 e. The van der Waals surface area contributed by atoms with Crippen LogP contribution in [0.5, 0.6) is 0 Å². The molecule has 0 radical (unpaired) electrons. The minimum absolute atomic E-state index is 0.453. The molecule has 110 valence electrons. The molecule has 0 bridgehead atoms. The molecule has 0 saturated heterocycles. The molecule has 0 aliphatic heterocycles. The van der Waals surface area contributed by atoms with Crippen molar-refractivity contribution in [1.29, 1.82) is 0 Å². The molecule has 0 aliphatic carbocycles. The van der Waals surface area contributed by atoms with Crippen LogP contribution in [0.25, 0.3) is 0 Å². The zero-order chi connectivity index (χ0) is 14.8. The summed E-state index contributed by atoms with van der Waals surface area (Å²) >= 11 is 0. The first-order valence-electron chi connectivity index (χ1n) is 7.40. The van der Waals surface area contributed by atoms with Crippen molar-refractivity contribution >= 4 is 0 Å². The average molecular weight is 274 g/mol. The monoisotopic (exact) mass is 274 g/mol. The van der Waals surface area contributed by atoms with Crippen LogP contribution in [0.15, 0.2) is 42.7 Å². The van der Waals surface area contributed by atoms with E-state index in [4.69, 9.17) is 4.74 Å². The van der Waals surface area contributed by atoms with E-state index in [2.05, 4.69) is 35.5 Å². The van der Waals surface area contributed by atoms with E-state index in [-0.39, 0.29) is 0 Å². The van der Waals surface area contributed by atoms with Crippen molar-refractivity contribution in [2.75, 3.05) is 6.61 Å². The summed E-state index contributed by atoms with van der Waals surface area (Å²) in [5, 5.41) is 0. The maximum atomic E-state index is 5.68. The lowest BCUT2D eigenvalue weighted by atomic mass is 10.2. The Morgan fingerprint density at radius 3 is 2.50 bits per heavy atom. The second-order valence-corrected chi connectivity index (χ2v) is 4.67. The van der Waals surface area contributed by atoms with Crippen molar-refractivity contribution in [1.82, 2.24) is 9.55 Å². The predicted molar refractivity (Wildman–Crippen MR) is 83.8 cm³/mol. The molecule has 0 fully saturated rings. The standard InChI is InChI=1S/C15H20N2O.C2H6/c1-13(2)15-16-8-9-17(15)10-11-18-12-14-6-4-3-5-7-14;1-2/h3-9,13H,10-12H2,1-2H3;1-2H3. The van der Waals surface area contributed by atoms with Crippen molar-refractivity contribution in [2.45, 2.75) is 46.8 Å². The van der Waals surface area contributed by atoms with Gasteiger partial charge >= 0.3 is 0 Å². The summed E-state index contributed by atoms with van der Waals surface area (Å²) < 4.78 is 7.84. The Hall–Kier alpha value is -1.61. The fraction of sp³-hybridized carbons (Fsp3) is 0.471. The molecule has 0 unspecified atom stereocenters. The van der Waals surface area contributed by atoms with Gasteiger partial charge < -0.3 is 9.30 Å². The van der Waals surface area contributed by atoms with E-state index < -0.39 is 0 Å². The van der Waals surface area contributed by atoms with E-state index in [1.165, 1.54) is 5.56 Å². The lowest BCUT2D eigenvalue weighted by Gasteiger charge is -2.10. The van der Waals surface area contributed by atoms with Crippen LogP contribution in [0.1, 0.15) is 45.0 Å². The van der Waals surface area contributed by atoms with Gasteiger partial charge in [-0.1, -0.05) is 58.0 Å². The third-order valence-electron chi connectivity index (χ3n) is 2.85. The summed E-state index contributed by atoms with van der Waals surface area (Å²) in [6, 6.07) is 10.2. The highest BCUT2D eigenvalue weighted by atomic mass is 16.5. The smallest absolute Gasteiger partial charge is 0.111 e. The highest BCUT2D eigenvalue weighted by Gasteiger charge is 2.06. The number of hydrogen-bond acceptors (Lipinski definition) is 2. The first-order chi connectivity index (χ1) is 9.77. The minimum Gasteiger partial charge on any atom is -0.375 e. The van der Waals surface area contributed by atoms with Crippen molar-refractivity contribution in [3.63, 3.8) is 0 Å². The Bertz CT molecular complexity index is 463. The summed E-state index contributed by atoms with van der Waals surface area (Å²) in [6.45, 7) is 10.6. The van der Waals surface area contributed by atoms with E-state index in [1.54, 1.807) is 0 Å². The number of rotatable bonds is 6. The van der Waals surface area contributed by atoms with Crippen LogP contribution in [0.2, 0.25) is 0 Å². The van der Waals surface area contributed by atoms with E-state index >= 15 is 0 Å². The minimum atomic E-state index is 0.453. The molecular formula is C17H26N2O. The molecule has 0 amide bonds. The van der Waals surface area contributed by atoms with Crippen LogP contribution in [0, 0.1) is 0 Å². The van der Waals surface area contributed by atoms with Gasteiger partial charge in [0.25, 0.3) is 0 Å². The fourth-order valence-electron chi connectivity index (χ4n) is 1.94. The number of benzene rings is 1. The molecule has 2 rings (SSSR count). The summed E-state index contributed by atoms with van der Waals surface area (Å²) in [5.74, 6) is 1.58. The third kappa shape index (κ3) is 5.17. The van der Waals surface area contributed by atoms with Crippen LogP contribution in [0.4, 0.5) is 0 Å². The number of aromatic nitrogens is 2. The van der Waals surface area contributed by atoms with Crippen LogP contribution in [-0.4, -0.2) is 16.2 Å². The quantitative estimate of drug-likeness (QED) is 0.736. The van der Waals surface area contributed by atoms with E-state index in [0.717, 1.165) is 12.4 Å². The SMILES string of the molecule is CC.CC(C)c1nccn1CCOCc1ccccc1. The second-order valence-electron chi connectivity index (χ2n) is 4.67. The molecular weight excluding hydrogens is 248 g/mol. The number of ether oxygens (including phenoxy) is 1. The van der Waals surface area contributed by atoms with Gasteiger partial charge in [0.2, 0.25) is 0 Å².